The number of nitrogens with one attached hydrogen (secondary N) is 1. The fraction of sp³-hybridized carbons (Fsp3) is 0.500. The van der Waals surface area contributed by atoms with Crippen molar-refractivity contribution in [2.45, 2.75) is 25.8 Å². The van der Waals surface area contributed by atoms with Gasteiger partial charge in [0.2, 0.25) is 0 Å². The maximum absolute atomic E-state index is 6.01. The highest BCUT2D eigenvalue weighted by molar-refractivity contribution is 7.16. The molecular formula is C12H17ClN4S. The lowest BCUT2D eigenvalue weighted by Crippen LogP contribution is -2.24. The zero-order valence-electron chi connectivity index (χ0n) is 10.6. The highest BCUT2D eigenvalue weighted by atomic mass is 35.5. The second kappa shape index (κ2) is 6.31. The molecule has 98 valence electrons. The summed E-state index contributed by atoms with van der Waals surface area (Å²) in [7, 11) is 1.92. The second-order valence-corrected chi connectivity index (χ2v) is 5.90. The Morgan fingerprint density at radius 2 is 2.33 bits per heavy atom. The average molecular weight is 285 g/mol. The highest BCUT2D eigenvalue weighted by Crippen LogP contribution is 2.28. The van der Waals surface area contributed by atoms with Crippen molar-refractivity contribution in [1.29, 1.82) is 0 Å². The molecule has 0 fully saturated rings. The summed E-state index contributed by atoms with van der Waals surface area (Å²) in [5.74, 6) is 0.980. The van der Waals surface area contributed by atoms with Gasteiger partial charge in [-0.25, -0.2) is 4.98 Å². The van der Waals surface area contributed by atoms with Crippen molar-refractivity contribution in [3.05, 3.63) is 33.5 Å². The third-order valence-electron chi connectivity index (χ3n) is 2.77. The van der Waals surface area contributed by atoms with E-state index in [9.17, 15) is 0 Å². The van der Waals surface area contributed by atoms with Crippen LogP contribution in [0.1, 0.15) is 30.1 Å². The van der Waals surface area contributed by atoms with Gasteiger partial charge in [-0.2, -0.15) is 5.10 Å². The van der Waals surface area contributed by atoms with Crippen LogP contribution in [0.2, 0.25) is 4.34 Å². The number of rotatable bonds is 6. The maximum Gasteiger partial charge on any atom is 0.138 e. The molecule has 1 atom stereocenters. The normalized spacial score (nSPS) is 12.8. The number of hydrogen-bond acceptors (Lipinski definition) is 4. The fourth-order valence-electron chi connectivity index (χ4n) is 1.79. The minimum atomic E-state index is 0.255. The first kappa shape index (κ1) is 13.5. The molecule has 1 unspecified atom stereocenters. The Balaban J connectivity index is 2.12. The lowest BCUT2D eigenvalue weighted by molar-refractivity contribution is 0.513. The predicted octanol–water partition coefficient (Wildman–Crippen LogP) is 2.81. The zero-order valence-corrected chi connectivity index (χ0v) is 12.1. The molecule has 6 heteroatoms. The van der Waals surface area contributed by atoms with E-state index in [1.54, 1.807) is 17.7 Å². The summed E-state index contributed by atoms with van der Waals surface area (Å²) in [5, 5.41) is 7.64. The summed E-state index contributed by atoms with van der Waals surface area (Å²) in [5.41, 5.74) is 0. The molecule has 4 nitrogen and oxygen atoms in total. The molecule has 0 aliphatic heterocycles. The van der Waals surface area contributed by atoms with Gasteiger partial charge in [0.1, 0.15) is 12.2 Å². The van der Waals surface area contributed by atoms with Crippen molar-refractivity contribution in [3.8, 4) is 0 Å². The summed E-state index contributed by atoms with van der Waals surface area (Å²) >= 11 is 7.63. The third-order valence-corrected chi connectivity index (χ3v) is 4.11. The Kier molecular flexibility index (Phi) is 4.74. The van der Waals surface area contributed by atoms with Gasteiger partial charge in [0, 0.05) is 24.4 Å². The van der Waals surface area contributed by atoms with Crippen molar-refractivity contribution in [3.63, 3.8) is 0 Å². The van der Waals surface area contributed by atoms with E-state index in [1.165, 1.54) is 4.88 Å². The first-order chi connectivity index (χ1) is 8.70. The van der Waals surface area contributed by atoms with Crippen LogP contribution in [0.25, 0.3) is 0 Å². The highest BCUT2D eigenvalue weighted by Gasteiger charge is 2.16. The molecule has 1 N–H and O–H groups in total. The van der Waals surface area contributed by atoms with Crippen molar-refractivity contribution >= 4 is 22.9 Å². The standard InChI is InChI=1S/C12H17ClN4S/c1-3-6-14-9(10-4-5-11(13)18-10)7-12-15-8-16-17(12)2/h4-5,8-9,14H,3,6-7H2,1-2H3. The summed E-state index contributed by atoms with van der Waals surface area (Å²) < 4.78 is 2.64. The van der Waals surface area contributed by atoms with Gasteiger partial charge >= 0.3 is 0 Å². The fourth-order valence-corrected chi connectivity index (χ4v) is 2.93. The molecule has 2 aromatic heterocycles. The van der Waals surface area contributed by atoms with Gasteiger partial charge in [0.25, 0.3) is 0 Å². The van der Waals surface area contributed by atoms with Gasteiger partial charge in [-0.3, -0.25) is 4.68 Å². The molecule has 0 saturated carbocycles. The van der Waals surface area contributed by atoms with E-state index >= 15 is 0 Å². The predicted molar refractivity (Wildman–Crippen MR) is 75.1 cm³/mol. The first-order valence-electron chi connectivity index (χ1n) is 6.02. The van der Waals surface area contributed by atoms with Crippen molar-refractivity contribution < 1.29 is 0 Å². The van der Waals surface area contributed by atoms with Crippen LogP contribution in [-0.4, -0.2) is 21.3 Å². The molecule has 2 rings (SSSR count). The molecule has 0 saturated heterocycles. The average Bonchev–Trinajstić information content (AvgIpc) is 2.94. The SMILES string of the molecule is CCCNC(Cc1ncnn1C)c1ccc(Cl)s1. The van der Waals surface area contributed by atoms with Crippen molar-refractivity contribution in [1.82, 2.24) is 20.1 Å². The molecule has 0 spiro atoms. The Labute approximate surface area is 116 Å². The van der Waals surface area contributed by atoms with Crippen LogP contribution in [-0.2, 0) is 13.5 Å². The topological polar surface area (TPSA) is 42.7 Å². The number of aromatic nitrogens is 3. The molecule has 0 amide bonds. The number of halogens is 1. The van der Waals surface area contributed by atoms with Crippen LogP contribution in [0.15, 0.2) is 18.5 Å². The van der Waals surface area contributed by atoms with E-state index in [2.05, 4.69) is 28.4 Å². The van der Waals surface area contributed by atoms with Gasteiger partial charge in [-0.1, -0.05) is 18.5 Å². The molecule has 0 aromatic carbocycles. The number of nitrogens with zero attached hydrogens (tertiary/aromatic N) is 3. The van der Waals surface area contributed by atoms with Gasteiger partial charge < -0.3 is 5.32 Å². The van der Waals surface area contributed by atoms with Gasteiger partial charge in [0.15, 0.2) is 0 Å². The smallest absolute Gasteiger partial charge is 0.138 e. The third kappa shape index (κ3) is 3.31. The Morgan fingerprint density at radius 3 is 2.89 bits per heavy atom. The number of aryl methyl sites for hydroxylation is 1. The quantitative estimate of drug-likeness (QED) is 0.887. The van der Waals surface area contributed by atoms with E-state index in [0.29, 0.717) is 0 Å². The molecule has 2 heterocycles. The van der Waals surface area contributed by atoms with E-state index in [4.69, 9.17) is 11.6 Å². The van der Waals surface area contributed by atoms with Crippen LogP contribution in [0.3, 0.4) is 0 Å². The summed E-state index contributed by atoms with van der Waals surface area (Å²) in [6.45, 7) is 3.14. The lowest BCUT2D eigenvalue weighted by Gasteiger charge is -2.16. The Bertz CT molecular complexity index is 494. The molecule has 0 aliphatic carbocycles. The minimum Gasteiger partial charge on any atom is -0.309 e. The van der Waals surface area contributed by atoms with Crippen molar-refractivity contribution in [2.24, 2.45) is 7.05 Å². The van der Waals surface area contributed by atoms with E-state index in [0.717, 1.165) is 29.5 Å². The van der Waals surface area contributed by atoms with Crippen molar-refractivity contribution in [2.75, 3.05) is 6.54 Å². The second-order valence-electron chi connectivity index (χ2n) is 4.15. The largest absolute Gasteiger partial charge is 0.309 e. The van der Waals surface area contributed by atoms with E-state index in [1.807, 2.05) is 17.8 Å². The monoisotopic (exact) mass is 284 g/mol. The van der Waals surface area contributed by atoms with Crippen LogP contribution < -0.4 is 5.32 Å². The van der Waals surface area contributed by atoms with Crippen LogP contribution in [0.4, 0.5) is 0 Å². The van der Waals surface area contributed by atoms with Gasteiger partial charge in [0.05, 0.1) is 4.34 Å². The summed E-state index contributed by atoms with van der Waals surface area (Å²) in [6.07, 6.45) is 3.52. The van der Waals surface area contributed by atoms with E-state index < -0.39 is 0 Å². The molecule has 18 heavy (non-hydrogen) atoms. The summed E-state index contributed by atoms with van der Waals surface area (Å²) in [4.78, 5) is 5.53. The zero-order chi connectivity index (χ0) is 13.0. The number of thiophene rings is 1. The molecule has 0 aliphatic rings. The minimum absolute atomic E-state index is 0.255. The van der Waals surface area contributed by atoms with Gasteiger partial charge in [-0.15, -0.1) is 11.3 Å². The van der Waals surface area contributed by atoms with Gasteiger partial charge in [-0.05, 0) is 25.1 Å². The Hall–Kier alpha value is -0.910. The molecule has 2 aromatic rings. The molecular weight excluding hydrogens is 268 g/mol. The molecule has 0 radical (unpaired) electrons. The van der Waals surface area contributed by atoms with Crippen LogP contribution in [0.5, 0.6) is 0 Å². The van der Waals surface area contributed by atoms with E-state index in [-0.39, 0.29) is 6.04 Å². The first-order valence-corrected chi connectivity index (χ1v) is 7.21. The van der Waals surface area contributed by atoms with Crippen LogP contribution in [0, 0.1) is 0 Å². The summed E-state index contributed by atoms with van der Waals surface area (Å²) in [6, 6.07) is 4.28. The molecule has 0 bridgehead atoms. The maximum atomic E-state index is 6.01. The van der Waals surface area contributed by atoms with Crippen LogP contribution >= 0.6 is 22.9 Å². The number of hydrogen-bond donors (Lipinski definition) is 1. The lowest BCUT2D eigenvalue weighted by atomic mass is 10.1. The Morgan fingerprint density at radius 1 is 1.50 bits per heavy atom.